The van der Waals surface area contributed by atoms with E-state index in [1.54, 1.807) is 59.6 Å². The van der Waals surface area contributed by atoms with Gasteiger partial charge in [0.05, 0.1) is 22.2 Å². The van der Waals surface area contributed by atoms with Crippen molar-refractivity contribution in [3.8, 4) is 0 Å². The number of benzene rings is 2. The second-order valence-corrected chi connectivity index (χ2v) is 11.1. The van der Waals surface area contributed by atoms with Crippen molar-refractivity contribution >= 4 is 29.1 Å². The highest BCUT2D eigenvalue weighted by Crippen LogP contribution is 2.39. The molecule has 2 heterocycles. The number of anilines is 1. The zero-order valence-corrected chi connectivity index (χ0v) is 23.4. The van der Waals surface area contributed by atoms with Crippen molar-refractivity contribution in [2.75, 3.05) is 25.0 Å². The van der Waals surface area contributed by atoms with Gasteiger partial charge in [-0.15, -0.1) is 0 Å². The fraction of sp³-hybridized carbons (Fsp3) is 0.387. The van der Waals surface area contributed by atoms with E-state index in [1.807, 2.05) is 26.0 Å². The van der Waals surface area contributed by atoms with Crippen LogP contribution < -0.4 is 4.90 Å². The molecule has 204 valence electrons. The normalized spacial score (nSPS) is 17.3. The molecule has 1 saturated heterocycles. The topological polar surface area (TPSA) is 56.8 Å². The van der Waals surface area contributed by atoms with E-state index in [1.165, 1.54) is 6.07 Å². The summed E-state index contributed by atoms with van der Waals surface area (Å²) in [7, 11) is 1.77. The molecule has 2 aliphatic rings. The van der Waals surface area contributed by atoms with Gasteiger partial charge < -0.3 is 14.7 Å². The Morgan fingerprint density at radius 3 is 2.36 bits per heavy atom. The summed E-state index contributed by atoms with van der Waals surface area (Å²) in [6.45, 7) is 5.56. The Morgan fingerprint density at radius 1 is 1.00 bits per heavy atom. The first-order valence-electron chi connectivity index (χ1n) is 13.6. The molecule has 0 spiro atoms. The fourth-order valence-electron chi connectivity index (χ4n) is 5.99. The van der Waals surface area contributed by atoms with Crippen molar-refractivity contribution in [3.63, 3.8) is 0 Å². The zero-order chi connectivity index (χ0) is 27.7. The molecule has 0 bridgehead atoms. The van der Waals surface area contributed by atoms with Gasteiger partial charge in [0.1, 0.15) is 5.82 Å². The second kappa shape index (κ2) is 11.3. The lowest BCUT2D eigenvalue weighted by molar-refractivity contribution is 0.0604. The molecule has 5 rings (SSSR count). The average molecular weight is 549 g/mol. The van der Waals surface area contributed by atoms with Crippen LogP contribution >= 0.6 is 11.6 Å². The summed E-state index contributed by atoms with van der Waals surface area (Å²) >= 11 is 6.33. The van der Waals surface area contributed by atoms with E-state index in [0.717, 1.165) is 42.7 Å². The predicted molar refractivity (Wildman–Crippen MR) is 152 cm³/mol. The molecular weight excluding hydrogens is 515 g/mol. The van der Waals surface area contributed by atoms with Crippen LogP contribution in [0, 0.1) is 5.82 Å². The minimum absolute atomic E-state index is 0.0423. The van der Waals surface area contributed by atoms with Crippen LogP contribution in [-0.4, -0.2) is 58.8 Å². The maximum absolute atomic E-state index is 15.5. The summed E-state index contributed by atoms with van der Waals surface area (Å²) < 4.78 is 15.5. The first kappa shape index (κ1) is 27.1. The predicted octanol–water partition coefficient (Wildman–Crippen LogP) is 6.15. The van der Waals surface area contributed by atoms with Crippen LogP contribution in [0.3, 0.4) is 0 Å². The molecular formula is C31H34ClFN4O2. The number of nitrogens with zero attached hydrogens (tertiary/aromatic N) is 4. The van der Waals surface area contributed by atoms with Gasteiger partial charge in [-0.3, -0.25) is 14.6 Å². The zero-order valence-electron chi connectivity index (χ0n) is 22.6. The number of hydrogen-bond acceptors (Lipinski definition) is 4. The van der Waals surface area contributed by atoms with Crippen LogP contribution in [0.25, 0.3) is 0 Å². The number of pyridine rings is 1. The van der Waals surface area contributed by atoms with Crippen molar-refractivity contribution in [2.24, 2.45) is 0 Å². The van der Waals surface area contributed by atoms with Crippen molar-refractivity contribution in [3.05, 3.63) is 94.0 Å². The highest BCUT2D eigenvalue weighted by Gasteiger charge is 2.36. The summed E-state index contributed by atoms with van der Waals surface area (Å²) in [6.07, 6.45) is 6.54. The number of piperidine rings is 1. The highest BCUT2D eigenvalue weighted by molar-refractivity contribution is 6.33. The number of carbonyl (C=O) groups is 2. The Hall–Kier alpha value is -3.45. The molecule has 8 heteroatoms. The molecule has 3 aromatic rings. The summed E-state index contributed by atoms with van der Waals surface area (Å²) in [4.78, 5) is 36.8. The summed E-state index contributed by atoms with van der Waals surface area (Å²) in [5.41, 5.74) is 3.35. The molecule has 2 amide bonds. The standard InChI is InChI=1S/C31H34ClFN4O2/c1-20(2)37(31(39)24-6-4-5-7-27(24)32)29-9-8-21-18-26(28(33)19-25(21)29)30(38)35(3)22-12-16-36(17-13-22)23-10-14-34-15-11-23/h4-7,10-11,14-15,18-20,22,29H,8-9,12-13,16-17H2,1-3H3/t29-/m1/s1. The largest absolute Gasteiger partial charge is 0.371 e. The van der Waals surface area contributed by atoms with Crippen molar-refractivity contribution < 1.29 is 14.0 Å². The van der Waals surface area contributed by atoms with E-state index in [9.17, 15) is 9.59 Å². The Labute approximate surface area is 234 Å². The molecule has 1 aromatic heterocycles. The van der Waals surface area contributed by atoms with Gasteiger partial charge in [-0.1, -0.05) is 23.7 Å². The Kier molecular flexibility index (Phi) is 7.89. The van der Waals surface area contributed by atoms with Gasteiger partial charge in [0.25, 0.3) is 11.8 Å². The van der Waals surface area contributed by atoms with Gasteiger partial charge in [-0.25, -0.2) is 4.39 Å². The summed E-state index contributed by atoms with van der Waals surface area (Å²) in [5.74, 6) is -1.01. The summed E-state index contributed by atoms with van der Waals surface area (Å²) in [5, 5.41) is 0.396. The van der Waals surface area contributed by atoms with Crippen LogP contribution in [0.2, 0.25) is 5.02 Å². The number of carbonyl (C=O) groups excluding carboxylic acids is 2. The van der Waals surface area contributed by atoms with Gasteiger partial charge in [0.2, 0.25) is 0 Å². The Morgan fingerprint density at radius 2 is 1.69 bits per heavy atom. The third-order valence-corrected chi connectivity index (χ3v) is 8.43. The van der Waals surface area contributed by atoms with Gasteiger partial charge in [-0.05, 0) is 87.1 Å². The van der Waals surface area contributed by atoms with Crippen molar-refractivity contribution in [1.82, 2.24) is 14.8 Å². The minimum Gasteiger partial charge on any atom is -0.371 e. The Balaban J connectivity index is 1.33. The molecule has 39 heavy (non-hydrogen) atoms. The van der Waals surface area contributed by atoms with E-state index in [4.69, 9.17) is 11.6 Å². The van der Waals surface area contributed by atoms with Gasteiger partial charge in [0.15, 0.2) is 0 Å². The smallest absolute Gasteiger partial charge is 0.256 e. The van der Waals surface area contributed by atoms with Gasteiger partial charge >= 0.3 is 0 Å². The third-order valence-electron chi connectivity index (χ3n) is 8.10. The van der Waals surface area contributed by atoms with Crippen molar-refractivity contribution in [2.45, 2.75) is 57.7 Å². The first-order chi connectivity index (χ1) is 18.8. The number of fused-ring (bicyclic) bond motifs is 1. The minimum atomic E-state index is -0.541. The van der Waals surface area contributed by atoms with Gasteiger partial charge in [-0.2, -0.15) is 0 Å². The number of aryl methyl sites for hydroxylation is 1. The lowest BCUT2D eigenvalue weighted by Crippen LogP contribution is -2.46. The maximum atomic E-state index is 15.5. The SMILES string of the molecule is CC(C)N(C(=O)c1ccccc1Cl)[C@@H]1CCc2cc(C(=O)N(C)C3CCN(c4ccncc4)CC3)c(F)cc21. The molecule has 1 atom stereocenters. The fourth-order valence-corrected chi connectivity index (χ4v) is 6.21. The number of hydrogen-bond donors (Lipinski definition) is 0. The number of aromatic nitrogens is 1. The average Bonchev–Trinajstić information content (AvgIpc) is 3.34. The van der Waals surface area contributed by atoms with E-state index >= 15 is 4.39 Å². The Bertz CT molecular complexity index is 1360. The molecule has 1 aliphatic carbocycles. The van der Waals surface area contributed by atoms with Crippen LogP contribution in [-0.2, 0) is 6.42 Å². The second-order valence-electron chi connectivity index (χ2n) is 10.7. The van der Waals surface area contributed by atoms with Crippen molar-refractivity contribution in [1.29, 1.82) is 0 Å². The monoisotopic (exact) mass is 548 g/mol. The molecule has 0 saturated carbocycles. The number of halogens is 2. The lowest BCUT2D eigenvalue weighted by Gasteiger charge is -2.38. The van der Waals surface area contributed by atoms with Crippen LogP contribution in [0.15, 0.2) is 60.9 Å². The summed E-state index contributed by atoms with van der Waals surface area (Å²) in [6, 6.07) is 13.8. The molecule has 6 nitrogen and oxygen atoms in total. The third kappa shape index (κ3) is 5.37. The van der Waals surface area contributed by atoms with Crippen LogP contribution in [0.5, 0.6) is 0 Å². The van der Waals surface area contributed by atoms with Gasteiger partial charge in [0, 0.05) is 50.3 Å². The maximum Gasteiger partial charge on any atom is 0.256 e. The molecule has 1 fully saturated rings. The van der Waals surface area contributed by atoms with E-state index in [-0.39, 0.29) is 35.5 Å². The number of rotatable bonds is 6. The molecule has 2 aromatic carbocycles. The molecule has 1 aliphatic heterocycles. The van der Waals surface area contributed by atoms with Crippen LogP contribution in [0.4, 0.5) is 10.1 Å². The number of amides is 2. The lowest BCUT2D eigenvalue weighted by atomic mass is 9.99. The highest BCUT2D eigenvalue weighted by atomic mass is 35.5. The van der Waals surface area contributed by atoms with E-state index in [2.05, 4.69) is 9.88 Å². The quantitative estimate of drug-likeness (QED) is 0.370. The van der Waals surface area contributed by atoms with E-state index < -0.39 is 5.82 Å². The first-order valence-corrected chi connectivity index (χ1v) is 14.0. The van der Waals surface area contributed by atoms with E-state index in [0.29, 0.717) is 23.4 Å². The molecule has 0 radical (unpaired) electrons. The van der Waals surface area contributed by atoms with Crippen LogP contribution in [0.1, 0.15) is 71.0 Å². The molecule has 0 unspecified atom stereocenters. The molecule has 0 N–H and O–H groups in total.